The van der Waals surface area contributed by atoms with Crippen molar-refractivity contribution in [2.24, 2.45) is 10.9 Å². The van der Waals surface area contributed by atoms with Crippen LogP contribution in [-0.2, 0) is 6.54 Å². The lowest BCUT2D eigenvalue weighted by atomic mass is 9.94. The minimum atomic E-state index is 0.398. The van der Waals surface area contributed by atoms with Crippen LogP contribution in [-0.4, -0.2) is 5.71 Å². The lowest BCUT2D eigenvalue weighted by Crippen LogP contribution is -2.10. The van der Waals surface area contributed by atoms with Crippen LogP contribution in [0.5, 0.6) is 0 Å². The van der Waals surface area contributed by atoms with E-state index in [2.05, 4.69) is 80.6 Å². The van der Waals surface area contributed by atoms with Crippen molar-refractivity contribution < 1.29 is 0 Å². The summed E-state index contributed by atoms with van der Waals surface area (Å²) in [6.07, 6.45) is 0. The van der Waals surface area contributed by atoms with Crippen LogP contribution in [0.25, 0.3) is 10.8 Å². The van der Waals surface area contributed by atoms with Crippen LogP contribution in [0.15, 0.2) is 77.8 Å². The molecule has 0 fully saturated rings. The topological polar surface area (TPSA) is 12.4 Å². The minimum absolute atomic E-state index is 0.398. The second kappa shape index (κ2) is 6.57. The molecule has 0 saturated carbocycles. The molecule has 3 rings (SSSR count). The van der Waals surface area contributed by atoms with Crippen molar-refractivity contribution in [3.05, 3.63) is 83.9 Å². The highest BCUT2D eigenvalue weighted by molar-refractivity contribution is 6.11. The molecule has 1 heteroatoms. The maximum absolute atomic E-state index is 4.93. The maximum atomic E-state index is 4.93. The van der Waals surface area contributed by atoms with E-state index in [4.69, 9.17) is 4.99 Å². The van der Waals surface area contributed by atoms with E-state index in [9.17, 15) is 0 Å². The van der Waals surface area contributed by atoms with Gasteiger partial charge in [-0.2, -0.15) is 0 Å². The van der Waals surface area contributed by atoms with Crippen LogP contribution in [0.4, 0.5) is 0 Å². The van der Waals surface area contributed by atoms with Gasteiger partial charge in [0.25, 0.3) is 0 Å². The molecule has 22 heavy (non-hydrogen) atoms. The summed E-state index contributed by atoms with van der Waals surface area (Å²) in [6.45, 7) is 5.16. The van der Waals surface area contributed by atoms with Crippen molar-refractivity contribution in [2.75, 3.05) is 0 Å². The molecule has 0 aliphatic rings. The Kier molecular flexibility index (Phi) is 4.34. The van der Waals surface area contributed by atoms with Crippen LogP contribution in [0.1, 0.15) is 25.0 Å². The van der Waals surface area contributed by atoms with Crippen LogP contribution in [0, 0.1) is 5.92 Å². The number of nitrogens with zero attached hydrogens (tertiary/aromatic N) is 1. The number of fused-ring (bicyclic) bond motifs is 1. The first-order valence-electron chi connectivity index (χ1n) is 7.82. The molecule has 0 amide bonds. The van der Waals surface area contributed by atoms with E-state index in [0.29, 0.717) is 5.92 Å². The Morgan fingerprint density at radius 2 is 1.50 bits per heavy atom. The molecule has 0 unspecified atom stereocenters. The summed E-state index contributed by atoms with van der Waals surface area (Å²) in [4.78, 5) is 4.93. The zero-order chi connectivity index (χ0) is 15.4. The second-order valence-electron chi connectivity index (χ2n) is 5.87. The van der Waals surface area contributed by atoms with Gasteiger partial charge in [-0.15, -0.1) is 0 Å². The summed E-state index contributed by atoms with van der Waals surface area (Å²) in [5.41, 5.74) is 3.69. The Morgan fingerprint density at radius 3 is 2.27 bits per heavy atom. The van der Waals surface area contributed by atoms with Crippen LogP contribution >= 0.6 is 0 Å². The van der Waals surface area contributed by atoms with Gasteiger partial charge in [-0.3, -0.25) is 4.99 Å². The molecule has 110 valence electrons. The van der Waals surface area contributed by atoms with Gasteiger partial charge in [0.1, 0.15) is 0 Å². The minimum Gasteiger partial charge on any atom is -0.284 e. The monoisotopic (exact) mass is 287 g/mol. The largest absolute Gasteiger partial charge is 0.284 e. The zero-order valence-electron chi connectivity index (χ0n) is 13.2. The van der Waals surface area contributed by atoms with E-state index in [1.807, 2.05) is 6.07 Å². The SMILES string of the molecule is CC(C)C(=NCc1ccccc1)c1cccc2ccccc12. The van der Waals surface area contributed by atoms with Crippen molar-refractivity contribution in [1.29, 1.82) is 0 Å². The molecule has 3 aromatic rings. The highest BCUT2D eigenvalue weighted by atomic mass is 14.7. The molecule has 0 heterocycles. The quantitative estimate of drug-likeness (QED) is 0.563. The summed E-state index contributed by atoms with van der Waals surface area (Å²) < 4.78 is 0. The number of benzene rings is 3. The summed E-state index contributed by atoms with van der Waals surface area (Å²) in [6, 6.07) is 25.4. The van der Waals surface area contributed by atoms with Gasteiger partial charge in [-0.1, -0.05) is 86.6 Å². The fourth-order valence-electron chi connectivity index (χ4n) is 2.79. The predicted octanol–water partition coefficient (Wildman–Crippen LogP) is 5.49. The van der Waals surface area contributed by atoms with Crippen LogP contribution in [0.3, 0.4) is 0 Å². The molecule has 1 nitrogen and oxygen atoms in total. The van der Waals surface area contributed by atoms with E-state index in [1.165, 1.54) is 27.6 Å². The third-order valence-corrected chi connectivity index (χ3v) is 3.89. The highest BCUT2D eigenvalue weighted by Gasteiger charge is 2.11. The first kappa shape index (κ1) is 14.5. The highest BCUT2D eigenvalue weighted by Crippen LogP contribution is 2.22. The molecule has 0 saturated heterocycles. The first-order valence-corrected chi connectivity index (χ1v) is 7.82. The van der Waals surface area contributed by atoms with Crippen molar-refractivity contribution in [1.82, 2.24) is 0 Å². The summed E-state index contributed by atoms with van der Waals surface area (Å²) in [5.74, 6) is 0.398. The van der Waals surface area contributed by atoms with E-state index < -0.39 is 0 Å². The standard InChI is InChI=1S/C21H21N/c1-16(2)21(22-15-17-9-4-3-5-10-17)20-14-8-12-18-11-6-7-13-19(18)20/h3-14,16H,15H2,1-2H3. The molecule has 0 spiro atoms. The molecule has 0 N–H and O–H groups in total. The molecule has 0 radical (unpaired) electrons. The van der Waals surface area contributed by atoms with Gasteiger partial charge >= 0.3 is 0 Å². The Morgan fingerprint density at radius 1 is 0.818 bits per heavy atom. The van der Waals surface area contributed by atoms with Gasteiger partial charge in [0, 0.05) is 11.3 Å². The van der Waals surface area contributed by atoms with Crippen LogP contribution < -0.4 is 0 Å². The fraction of sp³-hybridized carbons (Fsp3) is 0.190. The predicted molar refractivity (Wildman–Crippen MR) is 95.5 cm³/mol. The normalized spacial score (nSPS) is 12.0. The molecular weight excluding hydrogens is 266 g/mol. The first-order chi connectivity index (χ1) is 10.8. The van der Waals surface area contributed by atoms with Gasteiger partial charge in [0.15, 0.2) is 0 Å². The van der Waals surface area contributed by atoms with E-state index in [-0.39, 0.29) is 0 Å². The Hall–Kier alpha value is -2.41. The number of hydrogen-bond acceptors (Lipinski definition) is 1. The molecule has 3 aromatic carbocycles. The molecule has 0 bridgehead atoms. The van der Waals surface area contributed by atoms with E-state index >= 15 is 0 Å². The third-order valence-electron chi connectivity index (χ3n) is 3.89. The maximum Gasteiger partial charge on any atom is 0.0643 e. The van der Waals surface area contributed by atoms with E-state index in [1.54, 1.807) is 0 Å². The summed E-state index contributed by atoms with van der Waals surface area (Å²) >= 11 is 0. The van der Waals surface area contributed by atoms with Crippen molar-refractivity contribution in [3.63, 3.8) is 0 Å². The Bertz CT molecular complexity index is 780. The Balaban J connectivity index is 2.03. The van der Waals surface area contributed by atoms with Gasteiger partial charge < -0.3 is 0 Å². The number of aliphatic imine (C=N–C) groups is 1. The summed E-state index contributed by atoms with van der Waals surface area (Å²) in [7, 11) is 0. The summed E-state index contributed by atoms with van der Waals surface area (Å²) in [5, 5.41) is 2.55. The molecule has 0 atom stereocenters. The van der Waals surface area contributed by atoms with E-state index in [0.717, 1.165) is 6.54 Å². The van der Waals surface area contributed by atoms with Crippen molar-refractivity contribution >= 4 is 16.5 Å². The average molecular weight is 287 g/mol. The van der Waals surface area contributed by atoms with Crippen LogP contribution in [0.2, 0.25) is 0 Å². The molecule has 0 aliphatic heterocycles. The lowest BCUT2D eigenvalue weighted by molar-refractivity contribution is 0.868. The van der Waals surface area contributed by atoms with Gasteiger partial charge in [-0.05, 0) is 22.3 Å². The van der Waals surface area contributed by atoms with Gasteiger partial charge in [0.05, 0.1) is 6.54 Å². The third kappa shape index (κ3) is 3.09. The molecule has 0 aliphatic carbocycles. The Labute approximate surface area is 132 Å². The second-order valence-corrected chi connectivity index (χ2v) is 5.87. The molecule has 0 aromatic heterocycles. The fourth-order valence-corrected chi connectivity index (χ4v) is 2.79. The van der Waals surface area contributed by atoms with Crippen molar-refractivity contribution in [2.45, 2.75) is 20.4 Å². The molecular formula is C21H21N. The van der Waals surface area contributed by atoms with Crippen molar-refractivity contribution in [3.8, 4) is 0 Å². The number of rotatable bonds is 4. The lowest BCUT2D eigenvalue weighted by Gasteiger charge is -2.14. The zero-order valence-corrected chi connectivity index (χ0v) is 13.2. The number of hydrogen-bond donors (Lipinski definition) is 0. The van der Waals surface area contributed by atoms with Gasteiger partial charge in [0.2, 0.25) is 0 Å². The van der Waals surface area contributed by atoms with Gasteiger partial charge in [-0.25, -0.2) is 0 Å². The average Bonchev–Trinajstić information content (AvgIpc) is 2.56. The smallest absolute Gasteiger partial charge is 0.0643 e.